The van der Waals surface area contributed by atoms with Crippen molar-refractivity contribution < 1.29 is 0 Å². The third-order valence-electron chi connectivity index (χ3n) is 7.23. The molecule has 0 amide bonds. The van der Waals surface area contributed by atoms with Gasteiger partial charge < -0.3 is 0 Å². The maximum absolute atomic E-state index is 2.50. The van der Waals surface area contributed by atoms with Crippen LogP contribution in [0.25, 0.3) is 0 Å². The molecule has 0 aromatic heterocycles. The van der Waals surface area contributed by atoms with Crippen molar-refractivity contribution in [2.75, 3.05) is 0 Å². The number of unbranched alkanes of at least 4 members (excludes halogenated alkanes) is 4. The van der Waals surface area contributed by atoms with Gasteiger partial charge in [-0.1, -0.05) is 0 Å². The third kappa shape index (κ3) is 13.4. The second kappa shape index (κ2) is 21.2. The second-order valence-electron chi connectivity index (χ2n) is 10.00. The summed E-state index contributed by atoms with van der Waals surface area (Å²) in [5, 5.41) is 0. The molecule has 0 saturated carbocycles. The Bertz CT molecular complexity index is 607. The summed E-state index contributed by atoms with van der Waals surface area (Å²) in [4.78, 5) is 0. The van der Waals surface area contributed by atoms with Crippen molar-refractivity contribution in [1.82, 2.24) is 0 Å². The molecule has 2 heteroatoms. The molecule has 0 N–H and O–H groups in total. The van der Waals surface area contributed by atoms with E-state index in [0.29, 0.717) is 0 Å². The van der Waals surface area contributed by atoms with Crippen LogP contribution < -0.4 is 0 Å². The van der Waals surface area contributed by atoms with Gasteiger partial charge in [-0.15, -0.1) is 0 Å². The normalized spacial score (nSPS) is 12.9. The molecule has 0 aliphatic rings. The van der Waals surface area contributed by atoms with Gasteiger partial charge in [-0.25, -0.2) is 0 Å². The molecule has 0 aliphatic carbocycles. The summed E-state index contributed by atoms with van der Waals surface area (Å²) in [6, 6.07) is 22.4. The van der Waals surface area contributed by atoms with E-state index in [4.69, 9.17) is 0 Å². The SMILES string of the molecule is CCC[CH2][Sn]([CH2]CCC)[CH](C)c1ccccc1.CCC[CH2][Sn]([CH2]CCC)[CH](C)c1ccccc1. The van der Waals surface area contributed by atoms with Crippen LogP contribution in [0.5, 0.6) is 0 Å². The Balaban J connectivity index is 0.000000340. The zero-order chi connectivity index (χ0) is 25.0. The van der Waals surface area contributed by atoms with Crippen molar-refractivity contribution in [3.63, 3.8) is 0 Å². The average molecular weight is 676 g/mol. The summed E-state index contributed by atoms with van der Waals surface area (Å²) in [5.74, 6) is 0. The fourth-order valence-electron chi connectivity index (χ4n) is 4.69. The number of benzene rings is 2. The first-order chi connectivity index (χ1) is 16.6. The molecule has 0 fully saturated rings. The first kappa shape index (κ1) is 32.1. The second-order valence-corrected chi connectivity index (χ2v) is 28.2. The Morgan fingerprint density at radius 1 is 0.471 bits per heavy atom. The van der Waals surface area contributed by atoms with E-state index < -0.39 is 39.5 Å². The topological polar surface area (TPSA) is 0 Å². The molecule has 2 aromatic rings. The molecule has 0 heterocycles. The van der Waals surface area contributed by atoms with E-state index in [2.05, 4.69) is 102 Å². The van der Waals surface area contributed by atoms with Crippen molar-refractivity contribution in [3.8, 4) is 0 Å². The zero-order valence-corrected chi connectivity index (χ0v) is 29.1. The van der Waals surface area contributed by atoms with Crippen molar-refractivity contribution in [1.29, 1.82) is 0 Å². The molecule has 0 aliphatic heterocycles. The fourth-order valence-corrected chi connectivity index (χ4v) is 24.1. The third-order valence-corrected chi connectivity index (χ3v) is 27.5. The molecular weight excluding hydrogens is 622 g/mol. The Hall–Kier alpha value is 0.0374. The van der Waals surface area contributed by atoms with Crippen LogP contribution in [-0.2, 0) is 0 Å². The first-order valence-electron chi connectivity index (χ1n) is 14.4. The molecule has 2 rings (SSSR count). The van der Waals surface area contributed by atoms with Gasteiger partial charge >= 0.3 is 230 Å². The van der Waals surface area contributed by atoms with Crippen molar-refractivity contribution >= 4 is 39.5 Å². The molecule has 2 aromatic carbocycles. The minimum absolute atomic E-state index is 0.914. The van der Waals surface area contributed by atoms with E-state index in [9.17, 15) is 0 Å². The quantitative estimate of drug-likeness (QED) is 0.155. The number of hydrogen-bond donors (Lipinski definition) is 0. The molecule has 2 unspecified atom stereocenters. The van der Waals surface area contributed by atoms with Gasteiger partial charge in [0.05, 0.1) is 0 Å². The summed E-state index contributed by atoms with van der Waals surface area (Å²) in [5.41, 5.74) is 3.21. The van der Waals surface area contributed by atoms with Gasteiger partial charge in [-0.3, -0.25) is 0 Å². The Morgan fingerprint density at radius 3 is 0.971 bits per heavy atom. The average Bonchev–Trinajstić information content (AvgIpc) is 2.89. The zero-order valence-electron chi connectivity index (χ0n) is 23.4. The van der Waals surface area contributed by atoms with Gasteiger partial charge in [0.1, 0.15) is 0 Å². The molecule has 2 atom stereocenters. The predicted octanol–water partition coefficient (Wildman–Crippen LogP) is 10.8. The van der Waals surface area contributed by atoms with Crippen LogP contribution in [0.15, 0.2) is 60.7 Å². The molecule has 190 valence electrons. The maximum atomic E-state index is 2.50. The monoisotopic (exact) mass is 678 g/mol. The molecule has 0 bridgehead atoms. The van der Waals surface area contributed by atoms with E-state index in [1.165, 1.54) is 51.4 Å². The Labute approximate surface area is 228 Å². The number of hydrogen-bond acceptors (Lipinski definition) is 0. The van der Waals surface area contributed by atoms with E-state index in [0.717, 1.165) is 7.87 Å². The van der Waals surface area contributed by atoms with Crippen LogP contribution in [0.4, 0.5) is 0 Å². The molecule has 2 radical (unpaired) electrons. The molecule has 0 saturated heterocycles. The van der Waals surface area contributed by atoms with Gasteiger partial charge in [0, 0.05) is 0 Å². The predicted molar refractivity (Wildman–Crippen MR) is 160 cm³/mol. The van der Waals surface area contributed by atoms with E-state index in [-0.39, 0.29) is 0 Å². The first-order valence-corrected chi connectivity index (χ1v) is 25.7. The van der Waals surface area contributed by atoms with E-state index in [1.54, 1.807) is 28.9 Å². The molecule has 34 heavy (non-hydrogen) atoms. The fraction of sp³-hybridized carbons (Fsp3) is 0.625. The molecular formula is C32H54Sn2. The number of rotatable bonds is 16. The van der Waals surface area contributed by atoms with Crippen LogP contribution in [0.1, 0.15) is 112 Å². The van der Waals surface area contributed by atoms with Crippen molar-refractivity contribution in [3.05, 3.63) is 71.8 Å². The Morgan fingerprint density at radius 2 is 0.735 bits per heavy atom. The van der Waals surface area contributed by atoms with Gasteiger partial charge in [-0.05, 0) is 0 Å². The minimum atomic E-state index is -1.20. The standard InChI is InChI=1S/2C8H9.4C4H9.2Sn/c2*1-2-8-6-4-3-5-7-8;4*1-3-4-2;;/h2*2-7H,1H3;4*1,3-4H2,2H3;;. The Kier molecular flexibility index (Phi) is 20.0. The van der Waals surface area contributed by atoms with E-state index in [1.807, 2.05) is 0 Å². The summed E-state index contributed by atoms with van der Waals surface area (Å²) in [6.07, 6.45) is 11.4. The molecule has 0 nitrogen and oxygen atoms in total. The van der Waals surface area contributed by atoms with Crippen molar-refractivity contribution in [2.24, 2.45) is 0 Å². The molecule has 0 spiro atoms. The van der Waals surface area contributed by atoms with Crippen LogP contribution in [-0.4, -0.2) is 39.5 Å². The van der Waals surface area contributed by atoms with Gasteiger partial charge in [-0.2, -0.15) is 0 Å². The van der Waals surface area contributed by atoms with Gasteiger partial charge in [0.2, 0.25) is 0 Å². The van der Waals surface area contributed by atoms with Crippen LogP contribution in [0, 0.1) is 0 Å². The van der Waals surface area contributed by atoms with Crippen molar-refractivity contribution in [2.45, 2.75) is 119 Å². The summed E-state index contributed by atoms with van der Waals surface area (Å²) in [7, 11) is 0. The van der Waals surface area contributed by atoms with Crippen LogP contribution >= 0.6 is 0 Å². The van der Waals surface area contributed by atoms with Crippen LogP contribution in [0.2, 0.25) is 17.7 Å². The van der Waals surface area contributed by atoms with E-state index >= 15 is 0 Å². The summed E-state index contributed by atoms with van der Waals surface area (Å²) < 4.78 is 8.20. The summed E-state index contributed by atoms with van der Waals surface area (Å²) in [6.45, 7) is 14.3. The van der Waals surface area contributed by atoms with Crippen LogP contribution in [0.3, 0.4) is 0 Å². The summed E-state index contributed by atoms with van der Waals surface area (Å²) >= 11 is -2.40. The van der Waals surface area contributed by atoms with Gasteiger partial charge in [0.15, 0.2) is 0 Å². The van der Waals surface area contributed by atoms with Gasteiger partial charge in [0.25, 0.3) is 0 Å².